The van der Waals surface area contributed by atoms with Crippen molar-refractivity contribution in [2.24, 2.45) is 15.2 Å². The number of nitrogens with one attached hydrogen (secondary N) is 2. The summed E-state index contributed by atoms with van der Waals surface area (Å²) in [6, 6.07) is 20.1. The van der Waals surface area contributed by atoms with Crippen LogP contribution in [-0.2, 0) is 20.2 Å². The van der Waals surface area contributed by atoms with E-state index in [0.717, 1.165) is 5.56 Å². The summed E-state index contributed by atoms with van der Waals surface area (Å²) in [7, 11) is -8.14. The van der Waals surface area contributed by atoms with E-state index in [1.54, 1.807) is 12.1 Å². The first-order valence-corrected chi connectivity index (χ1v) is 15.1. The van der Waals surface area contributed by atoms with Crippen LogP contribution < -0.4 is 14.6 Å². The van der Waals surface area contributed by atoms with Gasteiger partial charge in [0.1, 0.15) is 5.82 Å². The van der Waals surface area contributed by atoms with Crippen molar-refractivity contribution in [2.45, 2.75) is 23.8 Å². The highest BCUT2D eigenvalue weighted by atomic mass is 35.5. The number of aliphatic imine (C=N–C) groups is 1. The lowest BCUT2D eigenvalue weighted by Crippen LogP contribution is -2.43. The van der Waals surface area contributed by atoms with Crippen molar-refractivity contribution < 1.29 is 21.2 Å². The zero-order chi connectivity index (χ0) is 28.2. The standard InChI is InChI=1S/C25H26ClFN6O4S2/c1-17(31-39(28,36)37)15-29-25(32-38(34,35)22-13-9-20(26)10-14-22)33-16-23(18-5-3-2-4-6-18)24(30-33)19-7-11-21(27)12-8-19/h2-14,17,23,31H,15-16H2,1H3,(H,29,32)(H2,28,36,37)/t17-,23-/m0/s1. The highest BCUT2D eigenvalue weighted by molar-refractivity contribution is 7.90. The number of halogens is 2. The number of hydrogen-bond acceptors (Lipinski definition) is 6. The van der Waals surface area contributed by atoms with Crippen LogP contribution in [0.4, 0.5) is 4.39 Å². The molecule has 0 saturated heterocycles. The fraction of sp³-hybridized carbons (Fsp3) is 0.200. The third kappa shape index (κ3) is 7.61. The highest BCUT2D eigenvalue weighted by Crippen LogP contribution is 2.29. The van der Waals surface area contributed by atoms with Crippen LogP contribution in [0.25, 0.3) is 0 Å². The van der Waals surface area contributed by atoms with Crippen LogP contribution in [-0.4, -0.2) is 52.6 Å². The largest absolute Gasteiger partial charge is 0.274 e. The lowest BCUT2D eigenvalue weighted by molar-refractivity contribution is 0.459. The fourth-order valence-electron chi connectivity index (χ4n) is 3.96. The van der Waals surface area contributed by atoms with Crippen LogP contribution in [0.2, 0.25) is 5.02 Å². The van der Waals surface area contributed by atoms with Crippen LogP contribution in [0.5, 0.6) is 0 Å². The minimum absolute atomic E-state index is 0.0585. The monoisotopic (exact) mass is 592 g/mol. The second-order valence-electron chi connectivity index (χ2n) is 8.83. The number of guanidine groups is 1. The lowest BCUT2D eigenvalue weighted by atomic mass is 9.91. The molecule has 4 N–H and O–H groups in total. The number of sulfonamides is 1. The van der Waals surface area contributed by atoms with Gasteiger partial charge in [0.05, 0.1) is 23.7 Å². The van der Waals surface area contributed by atoms with E-state index in [1.807, 2.05) is 30.3 Å². The number of nitrogens with two attached hydrogens (primary N) is 1. The Morgan fingerprint density at radius 1 is 1.08 bits per heavy atom. The Bertz CT molecular complexity index is 1580. The molecular formula is C25H26ClFN6O4S2. The second kappa shape index (κ2) is 11.8. The normalized spacial score (nSPS) is 17.1. The average molecular weight is 593 g/mol. The summed E-state index contributed by atoms with van der Waals surface area (Å²) in [5.74, 6) is -0.840. The summed E-state index contributed by atoms with van der Waals surface area (Å²) < 4.78 is 67.7. The van der Waals surface area contributed by atoms with Gasteiger partial charge in [0, 0.05) is 17.0 Å². The first-order valence-electron chi connectivity index (χ1n) is 11.7. The van der Waals surface area contributed by atoms with Crippen LogP contribution in [0.3, 0.4) is 0 Å². The molecule has 3 aromatic rings. The minimum atomic E-state index is -4.13. The van der Waals surface area contributed by atoms with E-state index < -0.39 is 32.1 Å². The smallest absolute Gasteiger partial charge is 0.249 e. The van der Waals surface area contributed by atoms with Gasteiger partial charge in [0.15, 0.2) is 0 Å². The SMILES string of the molecule is C[C@@H](CN=C(NS(=O)(=O)c1ccc(Cl)cc1)N1C[C@@H](c2ccccc2)C(c2ccc(F)cc2)=N1)NS(N)(=O)=O. The quantitative estimate of drug-likeness (QED) is 0.272. The molecule has 0 radical (unpaired) electrons. The van der Waals surface area contributed by atoms with Gasteiger partial charge in [-0.15, -0.1) is 0 Å². The fourth-order valence-corrected chi connectivity index (χ4v) is 5.75. The lowest BCUT2D eigenvalue weighted by Gasteiger charge is -2.20. The Kier molecular flexibility index (Phi) is 8.67. The van der Waals surface area contributed by atoms with Crippen molar-refractivity contribution in [3.05, 3.63) is 101 Å². The predicted octanol–water partition coefficient (Wildman–Crippen LogP) is 2.80. The van der Waals surface area contributed by atoms with Gasteiger partial charge < -0.3 is 0 Å². The molecule has 1 aliphatic rings. The molecule has 3 aromatic carbocycles. The van der Waals surface area contributed by atoms with Crippen LogP contribution >= 0.6 is 11.6 Å². The van der Waals surface area contributed by atoms with E-state index >= 15 is 0 Å². The molecule has 1 heterocycles. The number of nitrogens with zero attached hydrogens (tertiary/aromatic N) is 3. The third-order valence-corrected chi connectivity index (χ3v) is 8.06. The zero-order valence-corrected chi connectivity index (χ0v) is 23.1. The van der Waals surface area contributed by atoms with Crippen molar-refractivity contribution in [3.8, 4) is 0 Å². The Morgan fingerprint density at radius 2 is 1.72 bits per heavy atom. The van der Waals surface area contributed by atoms with Gasteiger partial charge in [-0.3, -0.25) is 0 Å². The number of rotatable bonds is 8. The summed E-state index contributed by atoms with van der Waals surface area (Å²) in [4.78, 5) is 4.31. The maximum Gasteiger partial charge on any atom is 0.274 e. The molecule has 2 atom stereocenters. The van der Waals surface area contributed by atoms with Crippen LogP contribution in [0, 0.1) is 5.82 Å². The van der Waals surface area contributed by atoms with Crippen molar-refractivity contribution in [1.82, 2.24) is 14.5 Å². The molecule has 0 spiro atoms. The maximum absolute atomic E-state index is 13.7. The van der Waals surface area contributed by atoms with E-state index in [0.29, 0.717) is 16.3 Å². The molecule has 0 aromatic heterocycles. The Hall–Kier alpha value is -3.36. The highest BCUT2D eigenvalue weighted by Gasteiger charge is 2.33. The van der Waals surface area contributed by atoms with Crippen molar-refractivity contribution in [1.29, 1.82) is 0 Å². The van der Waals surface area contributed by atoms with Gasteiger partial charge in [-0.25, -0.2) is 32.7 Å². The van der Waals surface area contributed by atoms with Gasteiger partial charge in [0.25, 0.3) is 20.2 Å². The van der Waals surface area contributed by atoms with Gasteiger partial charge in [-0.05, 0) is 54.4 Å². The number of hydrogen-bond donors (Lipinski definition) is 3. The van der Waals surface area contributed by atoms with E-state index in [1.165, 1.54) is 48.3 Å². The first-order chi connectivity index (χ1) is 18.4. The maximum atomic E-state index is 13.7. The molecule has 206 valence electrons. The Balaban J connectivity index is 1.73. The van der Waals surface area contributed by atoms with Gasteiger partial charge in [0.2, 0.25) is 5.96 Å². The predicted molar refractivity (Wildman–Crippen MR) is 149 cm³/mol. The van der Waals surface area contributed by atoms with Crippen molar-refractivity contribution >= 4 is 43.5 Å². The van der Waals surface area contributed by atoms with Crippen LogP contribution in [0.15, 0.2) is 93.9 Å². The summed E-state index contributed by atoms with van der Waals surface area (Å²) in [6.45, 7) is 1.59. The molecule has 0 amide bonds. The molecule has 0 aliphatic carbocycles. The Labute approximate surface area is 231 Å². The molecule has 0 unspecified atom stereocenters. The molecule has 0 fully saturated rings. The molecular weight excluding hydrogens is 567 g/mol. The minimum Gasteiger partial charge on any atom is -0.249 e. The molecule has 14 heteroatoms. The molecule has 39 heavy (non-hydrogen) atoms. The molecule has 1 aliphatic heterocycles. The summed E-state index contributed by atoms with van der Waals surface area (Å²) in [6.07, 6.45) is 0. The van der Waals surface area contributed by atoms with E-state index in [9.17, 15) is 21.2 Å². The number of hydrazone groups is 1. The summed E-state index contributed by atoms with van der Waals surface area (Å²) in [5.41, 5.74) is 2.14. The van der Waals surface area contributed by atoms with Crippen molar-refractivity contribution in [3.63, 3.8) is 0 Å². The van der Waals surface area contributed by atoms with Gasteiger partial charge in [-0.1, -0.05) is 54.1 Å². The topological polar surface area (TPSA) is 146 Å². The summed E-state index contributed by atoms with van der Waals surface area (Å²) in [5, 5.41) is 11.5. The van der Waals surface area contributed by atoms with E-state index in [2.05, 4.69) is 19.5 Å². The molecule has 10 nitrogen and oxygen atoms in total. The van der Waals surface area contributed by atoms with E-state index in [4.69, 9.17) is 16.7 Å². The average Bonchev–Trinajstić information content (AvgIpc) is 3.32. The van der Waals surface area contributed by atoms with Crippen molar-refractivity contribution in [2.75, 3.05) is 13.1 Å². The van der Waals surface area contributed by atoms with Gasteiger partial charge in [-0.2, -0.15) is 18.2 Å². The molecule has 0 bridgehead atoms. The zero-order valence-electron chi connectivity index (χ0n) is 20.7. The molecule has 0 saturated carbocycles. The number of benzene rings is 3. The Morgan fingerprint density at radius 3 is 2.33 bits per heavy atom. The third-order valence-electron chi connectivity index (χ3n) is 5.73. The summed E-state index contributed by atoms with van der Waals surface area (Å²) >= 11 is 5.91. The van der Waals surface area contributed by atoms with Gasteiger partial charge >= 0.3 is 0 Å². The first kappa shape index (κ1) is 28.6. The van der Waals surface area contributed by atoms with E-state index in [-0.39, 0.29) is 29.9 Å². The molecule has 4 rings (SSSR count). The second-order valence-corrected chi connectivity index (χ2v) is 12.3. The van der Waals surface area contributed by atoms with Crippen LogP contribution in [0.1, 0.15) is 24.0 Å².